The molecule has 1 fully saturated rings. The van der Waals surface area contributed by atoms with E-state index in [9.17, 15) is 14.9 Å². The van der Waals surface area contributed by atoms with E-state index in [0.717, 1.165) is 15.2 Å². The molecular weight excluding hydrogens is 420 g/mol. The summed E-state index contributed by atoms with van der Waals surface area (Å²) < 4.78 is 0.913. The van der Waals surface area contributed by atoms with E-state index >= 15 is 0 Å². The molecule has 0 bridgehead atoms. The Balaban J connectivity index is 1.74. The predicted octanol–water partition coefficient (Wildman–Crippen LogP) is 3.44. The highest BCUT2D eigenvalue weighted by Gasteiger charge is 2.28. The third kappa shape index (κ3) is 3.99. The highest BCUT2D eigenvalue weighted by Crippen LogP contribution is 2.26. The molecule has 26 heavy (non-hydrogen) atoms. The van der Waals surface area contributed by atoms with E-state index in [1.807, 2.05) is 18.4 Å². The number of thioether (sulfide) groups is 1. The molecule has 0 atom stereocenters. The molecule has 2 heterocycles. The Morgan fingerprint density at radius 2 is 1.96 bits per heavy atom. The van der Waals surface area contributed by atoms with E-state index in [-0.39, 0.29) is 17.2 Å². The molecule has 1 aliphatic rings. The van der Waals surface area contributed by atoms with Crippen molar-refractivity contribution in [2.75, 3.05) is 37.3 Å². The van der Waals surface area contributed by atoms with Crippen molar-refractivity contribution in [1.29, 1.82) is 0 Å². The fourth-order valence-electron chi connectivity index (χ4n) is 2.84. The average molecular weight is 437 g/mol. The van der Waals surface area contributed by atoms with E-state index < -0.39 is 4.92 Å². The summed E-state index contributed by atoms with van der Waals surface area (Å²) in [7, 11) is 0. The number of nitrogens with zero attached hydrogens (tertiary/aromatic N) is 4. The van der Waals surface area contributed by atoms with Gasteiger partial charge in [0.15, 0.2) is 0 Å². The van der Waals surface area contributed by atoms with E-state index in [1.54, 1.807) is 23.2 Å². The lowest BCUT2D eigenvalue weighted by atomic mass is 10.1. The zero-order valence-corrected chi connectivity index (χ0v) is 16.5. The van der Waals surface area contributed by atoms with E-state index in [0.29, 0.717) is 26.2 Å². The van der Waals surface area contributed by atoms with Crippen LogP contribution in [-0.4, -0.2) is 53.1 Å². The van der Waals surface area contributed by atoms with Gasteiger partial charge in [-0.15, -0.1) is 11.8 Å². The van der Waals surface area contributed by atoms with Gasteiger partial charge in [-0.3, -0.25) is 14.9 Å². The zero-order valence-electron chi connectivity index (χ0n) is 14.1. The van der Waals surface area contributed by atoms with Crippen LogP contribution >= 0.6 is 27.7 Å². The summed E-state index contributed by atoms with van der Waals surface area (Å²) in [6, 6.07) is 8.52. The molecule has 1 amide bonds. The minimum absolute atomic E-state index is 0.148. The van der Waals surface area contributed by atoms with Gasteiger partial charge in [0.25, 0.3) is 11.6 Å². The summed E-state index contributed by atoms with van der Waals surface area (Å²) in [5.41, 5.74) is 0.00173. The lowest BCUT2D eigenvalue weighted by molar-refractivity contribution is -0.385. The highest BCUT2D eigenvalue weighted by molar-refractivity contribution is 9.10. The monoisotopic (exact) mass is 436 g/mol. The van der Waals surface area contributed by atoms with Gasteiger partial charge in [0.1, 0.15) is 11.4 Å². The molecule has 0 radical (unpaired) electrons. The minimum Gasteiger partial charge on any atom is -0.353 e. The zero-order chi connectivity index (χ0) is 18.7. The van der Waals surface area contributed by atoms with Gasteiger partial charge >= 0.3 is 0 Å². The van der Waals surface area contributed by atoms with Crippen molar-refractivity contribution in [3.63, 3.8) is 0 Å². The number of piperazine rings is 1. The van der Waals surface area contributed by atoms with Gasteiger partial charge in [-0.2, -0.15) is 0 Å². The third-order valence-electron chi connectivity index (χ3n) is 4.23. The van der Waals surface area contributed by atoms with Crippen molar-refractivity contribution in [2.45, 2.75) is 4.90 Å². The number of anilines is 1. The van der Waals surface area contributed by atoms with Crippen molar-refractivity contribution in [1.82, 2.24) is 9.88 Å². The molecule has 0 N–H and O–H groups in total. The maximum Gasteiger partial charge on any atom is 0.282 e. The highest BCUT2D eigenvalue weighted by atomic mass is 79.9. The standard InChI is InChI=1S/C17H17BrN4O3S/c1-26-13-3-4-15(22(24)25)14(10-13)17(23)21-8-6-20(7-9-21)16-5-2-12(18)11-19-16/h2-5,10-11H,6-9H2,1H3. The largest absolute Gasteiger partial charge is 0.353 e. The van der Waals surface area contributed by atoms with Gasteiger partial charge in [0, 0.05) is 47.8 Å². The number of amides is 1. The summed E-state index contributed by atoms with van der Waals surface area (Å²) >= 11 is 4.82. The number of pyridine rings is 1. The van der Waals surface area contributed by atoms with Gasteiger partial charge in [0.05, 0.1) is 4.92 Å². The van der Waals surface area contributed by atoms with Crippen LogP contribution in [0.5, 0.6) is 0 Å². The molecular formula is C17H17BrN4O3S. The Hall–Kier alpha value is -2.13. The number of nitro benzene ring substituents is 1. The van der Waals surface area contributed by atoms with E-state index in [4.69, 9.17) is 0 Å². The summed E-state index contributed by atoms with van der Waals surface area (Å²) in [5, 5.41) is 11.3. The molecule has 2 aromatic rings. The fourth-order valence-corrected chi connectivity index (χ4v) is 3.51. The first-order chi connectivity index (χ1) is 12.5. The Morgan fingerprint density at radius 1 is 1.23 bits per heavy atom. The number of benzene rings is 1. The van der Waals surface area contributed by atoms with Crippen LogP contribution in [-0.2, 0) is 0 Å². The third-order valence-corrected chi connectivity index (χ3v) is 5.43. The molecule has 0 spiro atoms. The second-order valence-corrected chi connectivity index (χ2v) is 7.55. The quantitative estimate of drug-likeness (QED) is 0.414. The second-order valence-electron chi connectivity index (χ2n) is 5.75. The summed E-state index contributed by atoms with van der Waals surface area (Å²) in [5.74, 6) is 0.562. The van der Waals surface area contributed by atoms with Crippen molar-refractivity contribution in [3.8, 4) is 0 Å². The summed E-state index contributed by atoms with van der Waals surface area (Å²) in [6.07, 6.45) is 3.61. The number of carbonyl (C=O) groups is 1. The molecule has 1 aromatic carbocycles. The Bertz CT molecular complexity index is 823. The number of nitro groups is 1. The Labute approximate surface area is 163 Å². The molecule has 136 valence electrons. The maximum atomic E-state index is 12.9. The van der Waals surface area contributed by atoms with E-state index in [1.165, 1.54) is 17.8 Å². The predicted molar refractivity (Wildman–Crippen MR) is 105 cm³/mol. The molecule has 1 saturated heterocycles. The van der Waals surface area contributed by atoms with Gasteiger partial charge in [-0.1, -0.05) is 0 Å². The Kier molecular flexibility index (Phi) is 5.77. The maximum absolute atomic E-state index is 12.9. The van der Waals surface area contributed by atoms with Crippen LogP contribution in [0.2, 0.25) is 0 Å². The fraction of sp³-hybridized carbons (Fsp3) is 0.294. The molecule has 0 aliphatic carbocycles. The van der Waals surface area contributed by atoms with Crippen LogP contribution in [0.25, 0.3) is 0 Å². The Morgan fingerprint density at radius 3 is 2.54 bits per heavy atom. The van der Waals surface area contributed by atoms with Crippen molar-refractivity contribution in [3.05, 3.63) is 56.7 Å². The molecule has 0 saturated carbocycles. The number of aromatic nitrogens is 1. The molecule has 7 nitrogen and oxygen atoms in total. The first kappa shape index (κ1) is 18.7. The topological polar surface area (TPSA) is 79.6 Å². The van der Waals surface area contributed by atoms with Crippen LogP contribution in [0.4, 0.5) is 11.5 Å². The van der Waals surface area contributed by atoms with Gasteiger partial charge in [-0.05, 0) is 46.5 Å². The molecule has 9 heteroatoms. The van der Waals surface area contributed by atoms with Crippen LogP contribution < -0.4 is 4.90 Å². The van der Waals surface area contributed by atoms with Crippen molar-refractivity contribution in [2.24, 2.45) is 0 Å². The van der Waals surface area contributed by atoms with E-state index in [2.05, 4.69) is 25.8 Å². The van der Waals surface area contributed by atoms with Crippen LogP contribution in [0.1, 0.15) is 10.4 Å². The lowest BCUT2D eigenvalue weighted by Gasteiger charge is -2.35. The number of carbonyl (C=O) groups excluding carboxylic acids is 1. The number of rotatable bonds is 4. The molecule has 1 aromatic heterocycles. The van der Waals surface area contributed by atoms with Gasteiger partial charge < -0.3 is 9.80 Å². The van der Waals surface area contributed by atoms with Crippen LogP contribution in [0.3, 0.4) is 0 Å². The first-order valence-corrected chi connectivity index (χ1v) is 9.99. The van der Waals surface area contributed by atoms with Crippen molar-refractivity contribution >= 4 is 45.1 Å². The molecule has 1 aliphatic heterocycles. The van der Waals surface area contributed by atoms with Crippen LogP contribution in [0.15, 0.2) is 45.9 Å². The minimum atomic E-state index is -0.501. The molecule has 0 unspecified atom stereocenters. The first-order valence-electron chi connectivity index (χ1n) is 7.98. The van der Waals surface area contributed by atoms with Crippen molar-refractivity contribution < 1.29 is 9.72 Å². The molecule has 3 rings (SSSR count). The normalized spacial score (nSPS) is 14.4. The van der Waals surface area contributed by atoms with Gasteiger partial charge in [0.2, 0.25) is 0 Å². The summed E-state index contributed by atoms with van der Waals surface area (Å²) in [6.45, 7) is 2.27. The van der Waals surface area contributed by atoms with Gasteiger partial charge in [-0.25, -0.2) is 4.98 Å². The number of halogens is 1. The summed E-state index contributed by atoms with van der Waals surface area (Å²) in [4.78, 5) is 32.6. The SMILES string of the molecule is CSc1ccc([N+](=O)[O-])c(C(=O)N2CCN(c3ccc(Br)cn3)CC2)c1. The van der Waals surface area contributed by atoms with Crippen LogP contribution in [0, 0.1) is 10.1 Å². The lowest BCUT2D eigenvalue weighted by Crippen LogP contribution is -2.49. The second kappa shape index (κ2) is 8.05. The smallest absolute Gasteiger partial charge is 0.282 e. The number of hydrogen-bond donors (Lipinski definition) is 0. The number of hydrogen-bond acceptors (Lipinski definition) is 6. The average Bonchev–Trinajstić information content (AvgIpc) is 2.67.